The normalized spacial score (nSPS) is 15.5. The van der Waals surface area contributed by atoms with Crippen LogP contribution in [0.5, 0.6) is 5.88 Å². The number of methoxy groups -OCH3 is 1. The molecule has 7 nitrogen and oxygen atoms in total. The van der Waals surface area contributed by atoms with Gasteiger partial charge >= 0.3 is 0 Å². The summed E-state index contributed by atoms with van der Waals surface area (Å²) in [5.74, 6) is 1.23. The fraction of sp³-hybridized carbons (Fsp3) is 0.333. The topological polar surface area (TPSA) is 73.1 Å². The van der Waals surface area contributed by atoms with Gasteiger partial charge in [-0.05, 0) is 25.0 Å². The minimum absolute atomic E-state index is 0.0293. The molecule has 1 aromatic carbocycles. The zero-order chi connectivity index (χ0) is 17.2. The lowest BCUT2D eigenvalue weighted by molar-refractivity contribution is 0.378. The monoisotopic (exact) mass is 337 g/mol. The van der Waals surface area contributed by atoms with E-state index >= 15 is 0 Å². The van der Waals surface area contributed by atoms with Crippen LogP contribution in [0.15, 0.2) is 47.7 Å². The highest BCUT2D eigenvalue weighted by Gasteiger charge is 2.23. The number of anilines is 1. The Bertz CT molecular complexity index is 947. The van der Waals surface area contributed by atoms with E-state index in [1.807, 2.05) is 24.3 Å². The number of rotatable bonds is 3. The predicted molar refractivity (Wildman–Crippen MR) is 95.1 cm³/mol. The lowest BCUT2D eigenvalue weighted by Crippen LogP contribution is -2.38. The summed E-state index contributed by atoms with van der Waals surface area (Å²) in [6.45, 7) is 1.58. The molecule has 0 radical (unpaired) electrons. The van der Waals surface area contributed by atoms with Crippen LogP contribution in [0.2, 0.25) is 0 Å². The molecule has 0 aliphatic carbocycles. The Morgan fingerprint density at radius 2 is 1.92 bits per heavy atom. The molecule has 25 heavy (non-hydrogen) atoms. The van der Waals surface area contributed by atoms with Crippen LogP contribution in [0.3, 0.4) is 0 Å². The van der Waals surface area contributed by atoms with Gasteiger partial charge in [0.05, 0.1) is 24.3 Å². The number of ether oxygens (including phenoxy) is 1. The van der Waals surface area contributed by atoms with Crippen molar-refractivity contribution in [2.24, 2.45) is 0 Å². The maximum Gasteiger partial charge on any atom is 0.261 e. The van der Waals surface area contributed by atoms with E-state index in [0.29, 0.717) is 17.2 Å². The molecule has 0 bridgehead atoms. The van der Waals surface area contributed by atoms with Crippen LogP contribution >= 0.6 is 0 Å². The smallest absolute Gasteiger partial charge is 0.261 e. The number of nitrogens with zero attached hydrogens (tertiary/aromatic N) is 5. The van der Waals surface area contributed by atoms with E-state index in [9.17, 15) is 4.79 Å². The van der Waals surface area contributed by atoms with Gasteiger partial charge in [-0.25, -0.2) is 9.97 Å². The Kier molecular flexibility index (Phi) is 4.05. The highest BCUT2D eigenvalue weighted by atomic mass is 16.5. The molecule has 3 aromatic rings. The third kappa shape index (κ3) is 2.93. The molecule has 4 rings (SSSR count). The lowest BCUT2D eigenvalue weighted by Gasteiger charge is -2.32. The molecule has 2 aromatic heterocycles. The summed E-state index contributed by atoms with van der Waals surface area (Å²) >= 11 is 0. The quantitative estimate of drug-likeness (QED) is 0.728. The minimum Gasteiger partial charge on any atom is -0.481 e. The van der Waals surface area contributed by atoms with E-state index in [4.69, 9.17) is 4.74 Å². The van der Waals surface area contributed by atoms with Crippen LogP contribution in [-0.2, 0) is 0 Å². The van der Waals surface area contributed by atoms with Gasteiger partial charge in [0.15, 0.2) is 0 Å². The van der Waals surface area contributed by atoms with E-state index in [1.54, 1.807) is 30.3 Å². The zero-order valence-corrected chi connectivity index (χ0v) is 14.0. The Labute approximate surface area is 144 Å². The Morgan fingerprint density at radius 1 is 1.12 bits per heavy atom. The number of piperidine rings is 1. The van der Waals surface area contributed by atoms with Gasteiger partial charge in [0, 0.05) is 31.4 Å². The molecule has 0 amide bonds. The second-order valence-corrected chi connectivity index (χ2v) is 6.09. The second-order valence-electron chi connectivity index (χ2n) is 6.09. The summed E-state index contributed by atoms with van der Waals surface area (Å²) in [6.07, 6.45) is 5.07. The maximum absolute atomic E-state index is 12.7. The van der Waals surface area contributed by atoms with E-state index < -0.39 is 0 Å². The highest BCUT2D eigenvalue weighted by Crippen LogP contribution is 2.24. The Balaban J connectivity index is 1.54. The van der Waals surface area contributed by atoms with Crippen LogP contribution in [-0.4, -0.2) is 39.7 Å². The van der Waals surface area contributed by atoms with Gasteiger partial charge in [0.2, 0.25) is 11.8 Å². The first-order chi connectivity index (χ1) is 12.3. The molecule has 1 aliphatic rings. The van der Waals surface area contributed by atoms with Crippen molar-refractivity contribution in [2.75, 3.05) is 25.1 Å². The van der Waals surface area contributed by atoms with Crippen molar-refractivity contribution in [1.29, 1.82) is 0 Å². The van der Waals surface area contributed by atoms with Crippen LogP contribution in [0.4, 0.5) is 5.95 Å². The third-order valence-corrected chi connectivity index (χ3v) is 4.66. The molecule has 3 heterocycles. The second kappa shape index (κ2) is 6.51. The van der Waals surface area contributed by atoms with E-state index in [-0.39, 0.29) is 11.6 Å². The van der Waals surface area contributed by atoms with Gasteiger partial charge in [-0.15, -0.1) is 0 Å². The van der Waals surface area contributed by atoms with Crippen LogP contribution in [0, 0.1) is 0 Å². The first-order valence-corrected chi connectivity index (χ1v) is 8.34. The fourth-order valence-electron chi connectivity index (χ4n) is 3.29. The van der Waals surface area contributed by atoms with E-state index in [0.717, 1.165) is 31.4 Å². The number of hydrogen-bond donors (Lipinski definition) is 0. The first kappa shape index (κ1) is 15.6. The van der Waals surface area contributed by atoms with Crippen molar-refractivity contribution in [1.82, 2.24) is 19.5 Å². The van der Waals surface area contributed by atoms with Crippen molar-refractivity contribution in [3.8, 4) is 5.88 Å². The van der Waals surface area contributed by atoms with Gasteiger partial charge in [0.1, 0.15) is 0 Å². The molecule has 0 N–H and O–H groups in total. The van der Waals surface area contributed by atoms with Crippen molar-refractivity contribution in [2.45, 2.75) is 18.9 Å². The molecule has 128 valence electrons. The molecular formula is C18H19N5O2. The molecule has 7 heteroatoms. The summed E-state index contributed by atoms with van der Waals surface area (Å²) in [4.78, 5) is 28.0. The summed E-state index contributed by atoms with van der Waals surface area (Å²) in [5, 5.41) is 0.670. The molecule has 1 aliphatic heterocycles. The molecule has 0 saturated carbocycles. The van der Waals surface area contributed by atoms with Crippen molar-refractivity contribution < 1.29 is 4.74 Å². The molecule has 1 fully saturated rings. The number of fused-ring (bicyclic) bond motifs is 1. The van der Waals surface area contributed by atoms with Crippen LogP contribution in [0.1, 0.15) is 18.9 Å². The SMILES string of the molecule is COc1ccnc(N2CCC(n3cnc4ccccc4c3=O)CC2)n1. The third-order valence-electron chi connectivity index (χ3n) is 4.66. The summed E-state index contributed by atoms with van der Waals surface area (Å²) in [7, 11) is 1.59. The van der Waals surface area contributed by atoms with E-state index in [2.05, 4.69) is 19.9 Å². The molecule has 0 spiro atoms. The number of para-hydroxylation sites is 1. The van der Waals surface area contributed by atoms with Gasteiger partial charge in [0.25, 0.3) is 5.56 Å². The molecule has 0 atom stereocenters. The van der Waals surface area contributed by atoms with Gasteiger partial charge < -0.3 is 9.64 Å². The number of benzene rings is 1. The van der Waals surface area contributed by atoms with E-state index in [1.165, 1.54) is 0 Å². The first-order valence-electron chi connectivity index (χ1n) is 8.34. The van der Waals surface area contributed by atoms with Gasteiger partial charge in [-0.2, -0.15) is 4.98 Å². The summed E-state index contributed by atoms with van der Waals surface area (Å²) < 4.78 is 6.93. The van der Waals surface area contributed by atoms with Gasteiger partial charge in [-0.3, -0.25) is 9.36 Å². The molecule has 0 unspecified atom stereocenters. The predicted octanol–water partition coefficient (Wildman–Crippen LogP) is 2.04. The largest absolute Gasteiger partial charge is 0.481 e. The van der Waals surface area contributed by atoms with Crippen LogP contribution < -0.4 is 15.2 Å². The Hall–Kier alpha value is -2.96. The van der Waals surface area contributed by atoms with Crippen LogP contribution in [0.25, 0.3) is 10.9 Å². The zero-order valence-electron chi connectivity index (χ0n) is 14.0. The number of aromatic nitrogens is 4. The van der Waals surface area contributed by atoms with Crippen molar-refractivity contribution in [3.05, 3.63) is 53.2 Å². The average Bonchev–Trinajstić information content (AvgIpc) is 2.69. The van der Waals surface area contributed by atoms with Crippen molar-refractivity contribution >= 4 is 16.9 Å². The molecular weight excluding hydrogens is 318 g/mol. The highest BCUT2D eigenvalue weighted by molar-refractivity contribution is 5.76. The summed E-state index contributed by atoms with van der Waals surface area (Å²) in [5.41, 5.74) is 0.771. The average molecular weight is 337 g/mol. The fourth-order valence-corrected chi connectivity index (χ4v) is 3.29. The van der Waals surface area contributed by atoms with Gasteiger partial charge in [-0.1, -0.05) is 12.1 Å². The Morgan fingerprint density at radius 3 is 2.72 bits per heavy atom. The number of hydrogen-bond acceptors (Lipinski definition) is 6. The molecule has 1 saturated heterocycles. The van der Waals surface area contributed by atoms with Crippen molar-refractivity contribution in [3.63, 3.8) is 0 Å². The lowest BCUT2D eigenvalue weighted by atomic mass is 10.0. The summed E-state index contributed by atoms with van der Waals surface area (Å²) in [6, 6.07) is 9.34. The minimum atomic E-state index is 0.0293. The standard InChI is InChI=1S/C18H19N5O2/c1-25-16-6-9-19-18(21-16)22-10-7-13(8-11-22)23-12-20-15-5-3-2-4-14(15)17(23)24/h2-6,9,12-13H,7-8,10-11H2,1H3. The maximum atomic E-state index is 12.7.